The third-order valence-electron chi connectivity index (χ3n) is 2.49. The van der Waals surface area contributed by atoms with Crippen molar-refractivity contribution >= 4 is 11.9 Å². The van der Waals surface area contributed by atoms with Crippen molar-refractivity contribution in [2.45, 2.75) is 32.2 Å². The van der Waals surface area contributed by atoms with Crippen molar-refractivity contribution in [1.82, 2.24) is 10.3 Å². The minimum atomic E-state index is -1.08. The first-order valence-corrected chi connectivity index (χ1v) is 5.73. The molecule has 0 fully saturated rings. The Labute approximate surface area is 105 Å². The van der Waals surface area contributed by atoms with Crippen molar-refractivity contribution in [2.75, 3.05) is 0 Å². The van der Waals surface area contributed by atoms with Crippen LogP contribution in [-0.2, 0) is 4.79 Å². The van der Waals surface area contributed by atoms with Gasteiger partial charge < -0.3 is 15.5 Å². The highest BCUT2D eigenvalue weighted by Crippen LogP contribution is 2.14. The summed E-state index contributed by atoms with van der Waals surface area (Å²) in [5, 5.41) is 20.8. The molecule has 1 heterocycles. The number of hydrogen-bond acceptors (Lipinski definition) is 4. The van der Waals surface area contributed by atoms with Crippen LogP contribution in [0.3, 0.4) is 0 Å². The van der Waals surface area contributed by atoms with Gasteiger partial charge in [-0.3, -0.25) is 9.78 Å². The van der Waals surface area contributed by atoms with E-state index in [0.29, 0.717) is 12.8 Å². The number of aromatic nitrogens is 1. The average Bonchev–Trinajstić information content (AvgIpc) is 2.34. The van der Waals surface area contributed by atoms with Crippen molar-refractivity contribution in [3.63, 3.8) is 0 Å². The van der Waals surface area contributed by atoms with Crippen LogP contribution in [0.2, 0.25) is 0 Å². The summed E-state index contributed by atoms with van der Waals surface area (Å²) in [6.07, 6.45) is 4.41. The molecule has 0 aliphatic carbocycles. The number of carbonyl (C=O) groups is 2. The first kappa shape index (κ1) is 14.0. The third kappa shape index (κ3) is 3.73. The molecule has 0 aromatic carbocycles. The van der Waals surface area contributed by atoms with Crippen LogP contribution in [0.5, 0.6) is 5.75 Å². The van der Waals surface area contributed by atoms with E-state index in [1.165, 1.54) is 12.3 Å². The van der Waals surface area contributed by atoms with Gasteiger partial charge in [-0.25, -0.2) is 4.79 Å². The summed E-state index contributed by atoms with van der Waals surface area (Å²) in [6.45, 7) is 1.94. The molecule has 0 saturated heterocycles. The summed E-state index contributed by atoms with van der Waals surface area (Å²) < 4.78 is 0. The van der Waals surface area contributed by atoms with Crippen LogP contribution in [0.1, 0.15) is 36.5 Å². The van der Waals surface area contributed by atoms with Crippen LogP contribution >= 0.6 is 0 Å². The number of carboxylic acids is 1. The number of rotatable bonds is 6. The fraction of sp³-hybridized carbons (Fsp3) is 0.417. The maximum absolute atomic E-state index is 11.8. The molecular weight excluding hydrogens is 236 g/mol. The molecule has 1 aromatic rings. The molecule has 98 valence electrons. The van der Waals surface area contributed by atoms with Crippen LogP contribution in [0.25, 0.3) is 0 Å². The van der Waals surface area contributed by atoms with Crippen molar-refractivity contribution in [1.29, 1.82) is 0 Å². The molecule has 0 aliphatic heterocycles. The Balaban J connectivity index is 2.72. The maximum Gasteiger partial charge on any atom is 0.326 e. The summed E-state index contributed by atoms with van der Waals surface area (Å²) in [5.41, 5.74) is 0.0211. The van der Waals surface area contributed by atoms with Gasteiger partial charge in [-0.05, 0) is 12.5 Å². The van der Waals surface area contributed by atoms with E-state index in [-0.39, 0.29) is 11.3 Å². The highest BCUT2D eigenvalue weighted by atomic mass is 16.4. The lowest BCUT2D eigenvalue weighted by Crippen LogP contribution is -2.40. The van der Waals surface area contributed by atoms with Crippen LogP contribution in [0, 0.1) is 0 Å². The van der Waals surface area contributed by atoms with E-state index in [9.17, 15) is 14.7 Å². The van der Waals surface area contributed by atoms with Gasteiger partial charge in [0.15, 0.2) is 0 Å². The molecule has 3 N–H and O–H groups in total. The van der Waals surface area contributed by atoms with E-state index in [0.717, 1.165) is 12.6 Å². The van der Waals surface area contributed by atoms with E-state index in [1.807, 2.05) is 6.92 Å². The molecule has 0 saturated carbocycles. The molecule has 1 unspecified atom stereocenters. The smallest absolute Gasteiger partial charge is 0.326 e. The van der Waals surface area contributed by atoms with Gasteiger partial charge in [0.25, 0.3) is 5.91 Å². The number of carbonyl (C=O) groups excluding carboxylic acids is 1. The number of amides is 1. The van der Waals surface area contributed by atoms with E-state index in [4.69, 9.17) is 5.11 Å². The van der Waals surface area contributed by atoms with Gasteiger partial charge in [-0.1, -0.05) is 19.8 Å². The average molecular weight is 252 g/mol. The second-order valence-corrected chi connectivity index (χ2v) is 3.90. The molecule has 1 rings (SSSR count). The molecule has 1 atom stereocenters. The van der Waals surface area contributed by atoms with Crippen LogP contribution in [-0.4, -0.2) is 33.1 Å². The molecule has 1 amide bonds. The summed E-state index contributed by atoms with van der Waals surface area (Å²) in [6, 6.07) is 0.397. The SMILES string of the molecule is CCCCC(NC(=O)c1ccncc1O)C(=O)O. The van der Waals surface area contributed by atoms with Crippen LogP contribution < -0.4 is 5.32 Å². The minimum Gasteiger partial charge on any atom is -0.505 e. The number of nitrogens with one attached hydrogen (secondary N) is 1. The first-order valence-electron chi connectivity index (χ1n) is 5.73. The molecule has 6 heteroatoms. The Morgan fingerprint density at radius 2 is 2.22 bits per heavy atom. The van der Waals surface area contributed by atoms with Gasteiger partial charge >= 0.3 is 5.97 Å². The zero-order valence-electron chi connectivity index (χ0n) is 10.1. The fourth-order valence-electron chi connectivity index (χ4n) is 1.48. The molecule has 0 radical (unpaired) electrons. The first-order chi connectivity index (χ1) is 8.56. The summed E-state index contributed by atoms with van der Waals surface area (Å²) in [5.74, 6) is -1.96. The summed E-state index contributed by atoms with van der Waals surface area (Å²) >= 11 is 0. The summed E-state index contributed by atoms with van der Waals surface area (Å²) in [4.78, 5) is 26.4. The lowest BCUT2D eigenvalue weighted by atomic mass is 10.1. The quantitative estimate of drug-likeness (QED) is 0.705. The fourth-order valence-corrected chi connectivity index (χ4v) is 1.48. The van der Waals surface area contributed by atoms with E-state index in [2.05, 4.69) is 10.3 Å². The molecular formula is C12H16N2O4. The van der Waals surface area contributed by atoms with Crippen molar-refractivity contribution in [3.8, 4) is 5.75 Å². The van der Waals surface area contributed by atoms with Gasteiger partial charge in [0, 0.05) is 6.20 Å². The number of nitrogens with zero attached hydrogens (tertiary/aromatic N) is 1. The van der Waals surface area contributed by atoms with Crippen LogP contribution in [0.15, 0.2) is 18.5 Å². The Morgan fingerprint density at radius 1 is 1.50 bits per heavy atom. The van der Waals surface area contributed by atoms with Gasteiger partial charge in [0.05, 0.1) is 11.8 Å². The van der Waals surface area contributed by atoms with E-state index < -0.39 is 17.9 Å². The highest BCUT2D eigenvalue weighted by Gasteiger charge is 2.21. The normalized spacial score (nSPS) is 11.8. The number of hydrogen-bond donors (Lipinski definition) is 3. The van der Waals surface area contributed by atoms with Gasteiger partial charge in [0.2, 0.25) is 0 Å². The summed E-state index contributed by atoms with van der Waals surface area (Å²) in [7, 11) is 0. The monoisotopic (exact) mass is 252 g/mol. The Bertz CT molecular complexity index is 434. The molecule has 1 aromatic heterocycles. The number of unbranched alkanes of at least 4 members (excludes halogenated alkanes) is 1. The van der Waals surface area contributed by atoms with Crippen LogP contribution in [0.4, 0.5) is 0 Å². The maximum atomic E-state index is 11.8. The highest BCUT2D eigenvalue weighted by molar-refractivity contribution is 5.98. The second kappa shape index (κ2) is 6.58. The zero-order valence-corrected chi connectivity index (χ0v) is 10.1. The second-order valence-electron chi connectivity index (χ2n) is 3.90. The lowest BCUT2D eigenvalue weighted by molar-refractivity contribution is -0.139. The van der Waals surface area contributed by atoms with Crippen molar-refractivity contribution in [3.05, 3.63) is 24.0 Å². The topological polar surface area (TPSA) is 99.5 Å². The van der Waals surface area contributed by atoms with Gasteiger partial charge in [-0.2, -0.15) is 0 Å². The predicted octanol–water partition coefficient (Wildman–Crippen LogP) is 1.16. The number of pyridine rings is 1. The molecule has 0 bridgehead atoms. The predicted molar refractivity (Wildman–Crippen MR) is 64.3 cm³/mol. The zero-order chi connectivity index (χ0) is 13.5. The molecule has 18 heavy (non-hydrogen) atoms. The van der Waals surface area contributed by atoms with Crippen molar-refractivity contribution in [2.24, 2.45) is 0 Å². The Kier molecular flexibility index (Phi) is 5.10. The largest absolute Gasteiger partial charge is 0.505 e. The van der Waals surface area contributed by atoms with Crippen molar-refractivity contribution < 1.29 is 19.8 Å². The van der Waals surface area contributed by atoms with E-state index >= 15 is 0 Å². The minimum absolute atomic E-state index is 0.0211. The molecule has 0 aliphatic rings. The standard InChI is InChI=1S/C12H16N2O4/c1-2-3-4-9(12(17)18)14-11(16)8-5-6-13-7-10(8)15/h5-7,9,15H,2-4H2,1H3,(H,14,16)(H,17,18). The van der Waals surface area contributed by atoms with E-state index in [1.54, 1.807) is 0 Å². The van der Waals surface area contributed by atoms with Gasteiger partial charge in [0.1, 0.15) is 11.8 Å². The lowest BCUT2D eigenvalue weighted by Gasteiger charge is -2.14. The number of aliphatic carboxylic acids is 1. The Morgan fingerprint density at radius 3 is 2.78 bits per heavy atom. The number of carboxylic acid groups (broad SMARTS) is 1. The molecule has 6 nitrogen and oxygen atoms in total. The Hall–Kier alpha value is -2.11. The third-order valence-corrected chi connectivity index (χ3v) is 2.49. The molecule has 0 spiro atoms. The van der Waals surface area contributed by atoms with Gasteiger partial charge in [-0.15, -0.1) is 0 Å². The number of aromatic hydroxyl groups is 1.